The van der Waals surface area contributed by atoms with E-state index in [0.29, 0.717) is 13.0 Å². The number of aliphatic hydroxyl groups excluding tert-OH is 1. The summed E-state index contributed by atoms with van der Waals surface area (Å²) in [6.07, 6.45) is 1.94. The van der Waals surface area contributed by atoms with Crippen molar-refractivity contribution < 1.29 is 14.6 Å². The normalized spacial score (nSPS) is 11.4. The quantitative estimate of drug-likeness (QED) is 0.646. The molecule has 0 atom stereocenters. The van der Waals surface area contributed by atoms with Crippen molar-refractivity contribution in [3.8, 4) is 0 Å². The summed E-state index contributed by atoms with van der Waals surface area (Å²) in [5.74, 6) is -0.145. The molecule has 0 spiro atoms. The van der Waals surface area contributed by atoms with Gasteiger partial charge in [0.2, 0.25) is 0 Å². The smallest absolute Gasteiger partial charge is 0.305 e. The largest absolute Gasteiger partial charge is 0.466 e. The van der Waals surface area contributed by atoms with E-state index in [1.165, 1.54) is 0 Å². The zero-order valence-corrected chi connectivity index (χ0v) is 8.80. The molecule has 0 aliphatic carbocycles. The van der Waals surface area contributed by atoms with Crippen molar-refractivity contribution in [2.75, 3.05) is 13.2 Å². The first-order valence-electron chi connectivity index (χ1n) is 4.78. The van der Waals surface area contributed by atoms with E-state index in [1.54, 1.807) is 6.92 Å². The average Bonchev–Trinajstić information content (AvgIpc) is 2.02. The van der Waals surface area contributed by atoms with Crippen LogP contribution in [-0.2, 0) is 9.53 Å². The van der Waals surface area contributed by atoms with Crippen LogP contribution in [0.4, 0.5) is 0 Å². The summed E-state index contributed by atoms with van der Waals surface area (Å²) in [5.41, 5.74) is 0.0293. The Labute approximate surface area is 80.1 Å². The van der Waals surface area contributed by atoms with Gasteiger partial charge in [-0.25, -0.2) is 0 Å². The third-order valence-corrected chi connectivity index (χ3v) is 2.10. The van der Waals surface area contributed by atoms with Gasteiger partial charge >= 0.3 is 5.97 Å². The number of carbonyl (C=O) groups excluding carboxylic acids is 1. The zero-order valence-electron chi connectivity index (χ0n) is 8.80. The highest BCUT2D eigenvalue weighted by Crippen LogP contribution is 2.26. The van der Waals surface area contributed by atoms with Gasteiger partial charge in [0.1, 0.15) is 0 Å². The van der Waals surface area contributed by atoms with Crippen LogP contribution >= 0.6 is 0 Å². The molecule has 0 heterocycles. The monoisotopic (exact) mass is 188 g/mol. The molecule has 0 aromatic heterocycles. The van der Waals surface area contributed by atoms with Crippen molar-refractivity contribution in [1.82, 2.24) is 0 Å². The first-order valence-corrected chi connectivity index (χ1v) is 4.78. The molecule has 0 saturated heterocycles. The number of ether oxygens (including phenoxy) is 1. The molecular weight excluding hydrogens is 168 g/mol. The molecule has 13 heavy (non-hydrogen) atoms. The van der Waals surface area contributed by atoms with E-state index in [-0.39, 0.29) is 18.0 Å². The number of aliphatic hydroxyl groups is 1. The van der Waals surface area contributed by atoms with Crippen LogP contribution in [0.2, 0.25) is 0 Å². The summed E-state index contributed by atoms with van der Waals surface area (Å²) >= 11 is 0. The highest BCUT2D eigenvalue weighted by Gasteiger charge is 2.18. The highest BCUT2D eigenvalue weighted by atomic mass is 16.5. The maximum atomic E-state index is 11.0. The summed E-state index contributed by atoms with van der Waals surface area (Å²) in [6.45, 7) is 6.51. The Bertz CT molecular complexity index is 152. The Morgan fingerprint density at radius 3 is 2.46 bits per heavy atom. The fraction of sp³-hybridized carbons (Fsp3) is 0.900. The van der Waals surface area contributed by atoms with E-state index < -0.39 is 0 Å². The van der Waals surface area contributed by atoms with Crippen LogP contribution in [0.25, 0.3) is 0 Å². The van der Waals surface area contributed by atoms with Crippen LogP contribution < -0.4 is 0 Å². The lowest BCUT2D eigenvalue weighted by Gasteiger charge is -2.22. The van der Waals surface area contributed by atoms with Gasteiger partial charge in [-0.15, -0.1) is 0 Å². The molecule has 0 aliphatic heterocycles. The van der Waals surface area contributed by atoms with Crippen LogP contribution in [0.1, 0.15) is 40.0 Å². The van der Waals surface area contributed by atoms with Gasteiger partial charge < -0.3 is 9.84 Å². The van der Waals surface area contributed by atoms with E-state index in [1.807, 2.05) is 13.8 Å². The maximum Gasteiger partial charge on any atom is 0.305 e. The SMILES string of the molecule is CCOC(=O)CCC(C)(C)CCO. The van der Waals surface area contributed by atoms with Crippen molar-refractivity contribution >= 4 is 5.97 Å². The minimum Gasteiger partial charge on any atom is -0.466 e. The molecule has 3 heteroatoms. The molecule has 0 aromatic rings. The number of carbonyl (C=O) groups is 1. The third kappa shape index (κ3) is 6.58. The Hall–Kier alpha value is -0.570. The molecule has 0 radical (unpaired) electrons. The topological polar surface area (TPSA) is 46.5 Å². The lowest BCUT2D eigenvalue weighted by Crippen LogP contribution is -2.16. The Balaban J connectivity index is 3.67. The third-order valence-electron chi connectivity index (χ3n) is 2.10. The summed E-state index contributed by atoms with van der Waals surface area (Å²) in [5, 5.41) is 8.75. The lowest BCUT2D eigenvalue weighted by molar-refractivity contribution is -0.143. The van der Waals surface area contributed by atoms with Crippen LogP contribution in [0.3, 0.4) is 0 Å². The fourth-order valence-corrected chi connectivity index (χ4v) is 1.10. The standard InChI is InChI=1S/C10H20O3/c1-4-13-9(12)5-6-10(2,3)7-8-11/h11H,4-8H2,1-3H3. The molecule has 0 fully saturated rings. The van der Waals surface area contributed by atoms with Crippen molar-refractivity contribution in [3.05, 3.63) is 0 Å². The molecule has 0 rings (SSSR count). The first kappa shape index (κ1) is 12.4. The van der Waals surface area contributed by atoms with Gasteiger partial charge in [0.25, 0.3) is 0 Å². The second kappa shape index (κ2) is 5.97. The maximum absolute atomic E-state index is 11.0. The highest BCUT2D eigenvalue weighted by molar-refractivity contribution is 5.69. The summed E-state index contributed by atoms with van der Waals surface area (Å²) in [6, 6.07) is 0. The van der Waals surface area contributed by atoms with Gasteiger partial charge in [0.15, 0.2) is 0 Å². The fourth-order valence-electron chi connectivity index (χ4n) is 1.10. The summed E-state index contributed by atoms with van der Waals surface area (Å²) in [7, 11) is 0. The van der Waals surface area contributed by atoms with Crippen LogP contribution in [0.15, 0.2) is 0 Å². The molecule has 0 bridgehead atoms. The molecule has 1 N–H and O–H groups in total. The minimum atomic E-state index is -0.145. The van der Waals surface area contributed by atoms with Gasteiger partial charge in [-0.05, 0) is 25.2 Å². The Morgan fingerprint density at radius 1 is 1.38 bits per heavy atom. The predicted molar refractivity (Wildman–Crippen MR) is 51.4 cm³/mol. The Morgan fingerprint density at radius 2 is 2.00 bits per heavy atom. The molecule has 0 saturated carbocycles. The van der Waals surface area contributed by atoms with Crippen LogP contribution in [0.5, 0.6) is 0 Å². The van der Waals surface area contributed by atoms with E-state index in [2.05, 4.69) is 0 Å². The van der Waals surface area contributed by atoms with Gasteiger partial charge in [-0.2, -0.15) is 0 Å². The average molecular weight is 188 g/mol. The van der Waals surface area contributed by atoms with E-state index >= 15 is 0 Å². The second-order valence-corrected chi connectivity index (χ2v) is 3.94. The van der Waals surface area contributed by atoms with E-state index in [0.717, 1.165) is 12.8 Å². The van der Waals surface area contributed by atoms with E-state index in [9.17, 15) is 4.79 Å². The summed E-state index contributed by atoms with van der Waals surface area (Å²) in [4.78, 5) is 11.0. The Kier molecular flexibility index (Phi) is 5.71. The van der Waals surface area contributed by atoms with Gasteiger partial charge in [0.05, 0.1) is 6.61 Å². The van der Waals surface area contributed by atoms with Crippen molar-refractivity contribution in [2.45, 2.75) is 40.0 Å². The van der Waals surface area contributed by atoms with Crippen molar-refractivity contribution in [1.29, 1.82) is 0 Å². The lowest BCUT2D eigenvalue weighted by atomic mass is 9.85. The molecule has 0 aromatic carbocycles. The van der Waals surface area contributed by atoms with Crippen LogP contribution in [0, 0.1) is 5.41 Å². The van der Waals surface area contributed by atoms with Gasteiger partial charge in [0, 0.05) is 13.0 Å². The van der Waals surface area contributed by atoms with Crippen molar-refractivity contribution in [3.63, 3.8) is 0 Å². The van der Waals surface area contributed by atoms with Gasteiger partial charge in [-0.1, -0.05) is 13.8 Å². The molecule has 0 amide bonds. The minimum absolute atomic E-state index is 0.0293. The van der Waals surface area contributed by atoms with Gasteiger partial charge in [-0.3, -0.25) is 4.79 Å². The summed E-state index contributed by atoms with van der Waals surface area (Å²) < 4.78 is 4.81. The predicted octanol–water partition coefficient (Wildman–Crippen LogP) is 1.74. The molecule has 0 unspecified atom stereocenters. The number of rotatable bonds is 6. The molecule has 0 aliphatic rings. The number of hydrogen-bond donors (Lipinski definition) is 1. The van der Waals surface area contributed by atoms with Crippen LogP contribution in [-0.4, -0.2) is 24.3 Å². The second-order valence-electron chi connectivity index (χ2n) is 3.94. The number of hydrogen-bond acceptors (Lipinski definition) is 3. The number of esters is 1. The van der Waals surface area contributed by atoms with Crippen molar-refractivity contribution in [2.24, 2.45) is 5.41 Å². The molecule has 78 valence electrons. The first-order chi connectivity index (χ1) is 6.02. The molecule has 3 nitrogen and oxygen atoms in total. The zero-order chi connectivity index (χ0) is 10.3. The molecular formula is C10H20O3. The van der Waals surface area contributed by atoms with E-state index in [4.69, 9.17) is 9.84 Å².